The summed E-state index contributed by atoms with van der Waals surface area (Å²) in [6.45, 7) is 1.89. The van der Waals surface area contributed by atoms with Crippen LogP contribution in [0, 0.1) is 12.7 Å². The number of hydrogen-bond acceptors (Lipinski definition) is 3. The summed E-state index contributed by atoms with van der Waals surface area (Å²) in [6.07, 6.45) is 2.02. The maximum atomic E-state index is 12.8. The van der Waals surface area contributed by atoms with E-state index in [0.29, 0.717) is 0 Å². The van der Waals surface area contributed by atoms with Crippen LogP contribution in [0.3, 0.4) is 0 Å². The van der Waals surface area contributed by atoms with Crippen molar-refractivity contribution >= 4 is 11.8 Å². The van der Waals surface area contributed by atoms with Crippen LogP contribution in [0.1, 0.15) is 17.2 Å². The molecule has 1 atom stereocenters. The maximum Gasteiger partial charge on any atom is 0.123 e. The van der Waals surface area contributed by atoms with Crippen LogP contribution in [0.25, 0.3) is 0 Å². The van der Waals surface area contributed by atoms with Crippen molar-refractivity contribution in [2.75, 3.05) is 12.0 Å². The predicted octanol–water partition coefficient (Wildman–Crippen LogP) is 2.00. The van der Waals surface area contributed by atoms with Crippen molar-refractivity contribution in [3.63, 3.8) is 0 Å². The molecule has 1 unspecified atom stereocenters. The second-order valence-electron chi connectivity index (χ2n) is 3.18. The molecule has 0 fully saturated rings. The van der Waals surface area contributed by atoms with E-state index in [0.717, 1.165) is 16.9 Å². The Morgan fingerprint density at radius 1 is 1.57 bits per heavy atom. The minimum Gasteiger partial charge on any atom is -0.271 e. The summed E-state index contributed by atoms with van der Waals surface area (Å²) in [5.74, 6) is 6.12. The number of hydrogen-bond donors (Lipinski definition) is 2. The third kappa shape index (κ3) is 2.70. The number of hydrazine groups is 1. The van der Waals surface area contributed by atoms with Crippen molar-refractivity contribution in [2.45, 2.75) is 13.0 Å². The molecule has 0 amide bonds. The summed E-state index contributed by atoms with van der Waals surface area (Å²) in [5.41, 5.74) is 4.73. The lowest BCUT2D eigenvalue weighted by molar-refractivity contribution is 0.597. The van der Waals surface area contributed by atoms with Gasteiger partial charge in [0.1, 0.15) is 5.82 Å². The van der Waals surface area contributed by atoms with Crippen LogP contribution in [0.15, 0.2) is 18.2 Å². The molecule has 3 N–H and O–H groups in total. The fourth-order valence-corrected chi connectivity index (χ4v) is 2.03. The van der Waals surface area contributed by atoms with Crippen LogP contribution in [-0.2, 0) is 0 Å². The highest BCUT2D eigenvalue weighted by Gasteiger charge is 2.11. The fraction of sp³-hybridized carbons (Fsp3) is 0.400. The van der Waals surface area contributed by atoms with Crippen LogP contribution in [0.4, 0.5) is 4.39 Å². The molecule has 2 nitrogen and oxygen atoms in total. The normalized spacial score (nSPS) is 12.9. The fourth-order valence-electron chi connectivity index (χ4n) is 1.42. The summed E-state index contributed by atoms with van der Waals surface area (Å²) in [4.78, 5) is 0. The van der Waals surface area contributed by atoms with Gasteiger partial charge in [0.15, 0.2) is 0 Å². The van der Waals surface area contributed by atoms with Crippen LogP contribution in [0.2, 0.25) is 0 Å². The Morgan fingerprint density at radius 3 is 2.79 bits per heavy atom. The Morgan fingerprint density at radius 2 is 2.29 bits per heavy atom. The molecule has 0 aromatic heterocycles. The molecule has 78 valence electrons. The average Bonchev–Trinajstić information content (AvgIpc) is 2.15. The SMILES string of the molecule is CSCC(NN)c1ccc(F)cc1C. The molecule has 0 aliphatic rings. The van der Waals surface area contributed by atoms with Gasteiger partial charge in [0.05, 0.1) is 6.04 Å². The van der Waals surface area contributed by atoms with Gasteiger partial charge in [0, 0.05) is 5.75 Å². The second-order valence-corrected chi connectivity index (χ2v) is 4.09. The van der Waals surface area contributed by atoms with E-state index in [-0.39, 0.29) is 11.9 Å². The first kappa shape index (κ1) is 11.5. The monoisotopic (exact) mass is 214 g/mol. The van der Waals surface area contributed by atoms with Gasteiger partial charge in [0.2, 0.25) is 0 Å². The number of rotatable bonds is 4. The van der Waals surface area contributed by atoms with Gasteiger partial charge >= 0.3 is 0 Å². The van der Waals surface area contributed by atoms with Crippen LogP contribution in [-0.4, -0.2) is 12.0 Å². The zero-order chi connectivity index (χ0) is 10.6. The summed E-state index contributed by atoms with van der Waals surface area (Å²) in [6, 6.07) is 4.86. The molecule has 1 rings (SSSR count). The summed E-state index contributed by atoms with van der Waals surface area (Å²) < 4.78 is 12.8. The Kier molecular flexibility index (Phi) is 4.38. The quantitative estimate of drug-likeness (QED) is 0.594. The number of nitrogens with one attached hydrogen (secondary N) is 1. The van der Waals surface area contributed by atoms with Gasteiger partial charge in [0.25, 0.3) is 0 Å². The summed E-state index contributed by atoms with van der Waals surface area (Å²) in [5, 5.41) is 0. The smallest absolute Gasteiger partial charge is 0.123 e. The van der Waals surface area contributed by atoms with Crippen molar-refractivity contribution < 1.29 is 4.39 Å². The Bertz CT molecular complexity index is 304. The molecule has 0 radical (unpaired) electrons. The highest BCUT2D eigenvalue weighted by molar-refractivity contribution is 7.98. The predicted molar refractivity (Wildman–Crippen MR) is 59.6 cm³/mol. The topological polar surface area (TPSA) is 38.0 Å². The molecule has 4 heteroatoms. The largest absolute Gasteiger partial charge is 0.271 e. The molecule has 14 heavy (non-hydrogen) atoms. The van der Waals surface area contributed by atoms with Gasteiger partial charge in [-0.15, -0.1) is 0 Å². The van der Waals surface area contributed by atoms with Gasteiger partial charge in [-0.25, -0.2) is 4.39 Å². The molecule has 0 saturated carbocycles. The highest BCUT2D eigenvalue weighted by Crippen LogP contribution is 2.20. The van der Waals surface area contributed by atoms with Crippen molar-refractivity contribution in [3.05, 3.63) is 35.1 Å². The second kappa shape index (κ2) is 5.34. The molecule has 1 aromatic carbocycles. The minimum absolute atomic E-state index is 0.0885. The van der Waals surface area contributed by atoms with E-state index in [1.165, 1.54) is 12.1 Å². The van der Waals surface area contributed by atoms with Crippen LogP contribution >= 0.6 is 11.8 Å². The van der Waals surface area contributed by atoms with Gasteiger partial charge in [-0.05, 0) is 36.4 Å². The lowest BCUT2D eigenvalue weighted by atomic mass is 10.0. The number of benzene rings is 1. The van der Waals surface area contributed by atoms with Crippen LogP contribution < -0.4 is 11.3 Å². The molecule has 0 aliphatic carbocycles. The number of aryl methyl sites for hydroxylation is 1. The van der Waals surface area contributed by atoms with Crippen LogP contribution in [0.5, 0.6) is 0 Å². The van der Waals surface area contributed by atoms with Gasteiger partial charge < -0.3 is 0 Å². The lowest BCUT2D eigenvalue weighted by Gasteiger charge is -2.17. The molecule has 0 heterocycles. The molecule has 0 aliphatic heterocycles. The minimum atomic E-state index is -0.203. The van der Waals surface area contributed by atoms with Crippen molar-refractivity contribution in [1.82, 2.24) is 5.43 Å². The maximum absolute atomic E-state index is 12.8. The van der Waals surface area contributed by atoms with Crippen molar-refractivity contribution in [1.29, 1.82) is 0 Å². The van der Waals surface area contributed by atoms with Crippen molar-refractivity contribution in [3.8, 4) is 0 Å². The number of nitrogens with two attached hydrogens (primary N) is 1. The Balaban J connectivity index is 2.92. The third-order valence-corrected chi connectivity index (χ3v) is 2.81. The van der Waals surface area contributed by atoms with E-state index in [9.17, 15) is 4.39 Å². The zero-order valence-electron chi connectivity index (χ0n) is 8.38. The zero-order valence-corrected chi connectivity index (χ0v) is 9.20. The molecular formula is C10H15FN2S. The van der Waals surface area contributed by atoms with E-state index in [2.05, 4.69) is 5.43 Å². The average molecular weight is 214 g/mol. The molecule has 1 aromatic rings. The van der Waals surface area contributed by atoms with E-state index >= 15 is 0 Å². The lowest BCUT2D eigenvalue weighted by Crippen LogP contribution is -2.30. The Labute approximate surface area is 88.0 Å². The first-order chi connectivity index (χ1) is 6.69. The van der Waals surface area contributed by atoms with Gasteiger partial charge in [-0.3, -0.25) is 11.3 Å². The number of thioether (sulfide) groups is 1. The highest BCUT2D eigenvalue weighted by atomic mass is 32.2. The molecule has 0 bridgehead atoms. The summed E-state index contributed by atoms with van der Waals surface area (Å²) >= 11 is 1.71. The van der Waals surface area contributed by atoms with E-state index in [1.54, 1.807) is 17.8 Å². The number of halogens is 1. The van der Waals surface area contributed by atoms with Gasteiger partial charge in [-0.1, -0.05) is 6.07 Å². The molecule has 0 spiro atoms. The van der Waals surface area contributed by atoms with E-state index in [4.69, 9.17) is 5.84 Å². The molecule has 0 saturated heterocycles. The van der Waals surface area contributed by atoms with E-state index in [1.807, 2.05) is 13.2 Å². The van der Waals surface area contributed by atoms with E-state index < -0.39 is 0 Å². The first-order valence-electron chi connectivity index (χ1n) is 4.40. The summed E-state index contributed by atoms with van der Waals surface area (Å²) in [7, 11) is 0. The first-order valence-corrected chi connectivity index (χ1v) is 5.79. The standard InChI is InChI=1S/C10H15FN2S/c1-7-5-8(11)3-4-9(7)10(13-12)6-14-2/h3-5,10,13H,6,12H2,1-2H3. The Hall–Kier alpha value is -0.580. The third-order valence-electron chi connectivity index (χ3n) is 2.14. The molecular weight excluding hydrogens is 199 g/mol. The van der Waals surface area contributed by atoms with Crippen molar-refractivity contribution in [2.24, 2.45) is 5.84 Å². The van der Waals surface area contributed by atoms with Gasteiger partial charge in [-0.2, -0.15) is 11.8 Å².